The Kier molecular flexibility index (Phi) is 6.94. The van der Waals surface area contributed by atoms with Crippen molar-refractivity contribution in [1.82, 2.24) is 5.32 Å². The van der Waals surface area contributed by atoms with Crippen molar-refractivity contribution in [2.24, 2.45) is 0 Å². The molecule has 0 aliphatic rings. The third-order valence-corrected chi connectivity index (χ3v) is 2.73. The van der Waals surface area contributed by atoms with Gasteiger partial charge in [0.1, 0.15) is 5.69 Å². The SMILES string of the molecule is CC(=O)NCCC(=O)OCC(=O)Nc1ccc(Cl)cc1[N+](=O)[O-]. The van der Waals surface area contributed by atoms with Crippen LogP contribution in [0.3, 0.4) is 0 Å². The highest BCUT2D eigenvalue weighted by atomic mass is 35.5. The molecule has 2 N–H and O–H groups in total. The van der Waals surface area contributed by atoms with Crippen LogP contribution in [-0.2, 0) is 19.1 Å². The number of anilines is 1. The quantitative estimate of drug-likeness (QED) is 0.435. The van der Waals surface area contributed by atoms with Crippen LogP contribution in [0.1, 0.15) is 13.3 Å². The highest BCUT2D eigenvalue weighted by Gasteiger charge is 2.17. The van der Waals surface area contributed by atoms with Gasteiger partial charge in [-0.2, -0.15) is 0 Å². The van der Waals surface area contributed by atoms with Gasteiger partial charge in [0.2, 0.25) is 5.91 Å². The molecular weight excluding hydrogens is 330 g/mol. The van der Waals surface area contributed by atoms with Crippen LogP contribution in [0.25, 0.3) is 0 Å². The molecule has 1 aromatic carbocycles. The Balaban J connectivity index is 2.50. The normalized spacial score (nSPS) is 9.83. The van der Waals surface area contributed by atoms with Crippen molar-refractivity contribution >= 4 is 40.8 Å². The van der Waals surface area contributed by atoms with E-state index in [1.54, 1.807) is 0 Å². The largest absolute Gasteiger partial charge is 0.456 e. The van der Waals surface area contributed by atoms with E-state index in [0.29, 0.717) is 0 Å². The van der Waals surface area contributed by atoms with Gasteiger partial charge in [-0.1, -0.05) is 11.6 Å². The van der Waals surface area contributed by atoms with E-state index in [9.17, 15) is 24.5 Å². The van der Waals surface area contributed by atoms with Crippen molar-refractivity contribution in [3.63, 3.8) is 0 Å². The number of benzene rings is 1. The number of rotatable bonds is 7. The molecule has 0 aliphatic carbocycles. The van der Waals surface area contributed by atoms with E-state index < -0.39 is 23.4 Å². The van der Waals surface area contributed by atoms with Gasteiger partial charge >= 0.3 is 5.97 Å². The summed E-state index contributed by atoms with van der Waals surface area (Å²) in [4.78, 5) is 43.8. The molecule has 0 radical (unpaired) electrons. The van der Waals surface area contributed by atoms with Crippen LogP contribution in [0.5, 0.6) is 0 Å². The maximum Gasteiger partial charge on any atom is 0.308 e. The Morgan fingerprint density at radius 2 is 2.04 bits per heavy atom. The number of halogens is 1. The lowest BCUT2D eigenvalue weighted by molar-refractivity contribution is -0.383. The summed E-state index contributed by atoms with van der Waals surface area (Å²) < 4.78 is 4.68. The van der Waals surface area contributed by atoms with Gasteiger partial charge in [-0.15, -0.1) is 0 Å². The van der Waals surface area contributed by atoms with E-state index in [0.717, 1.165) is 6.07 Å². The number of nitro groups is 1. The number of carbonyl (C=O) groups is 3. The van der Waals surface area contributed by atoms with Crippen molar-refractivity contribution in [2.45, 2.75) is 13.3 Å². The molecule has 0 saturated heterocycles. The van der Waals surface area contributed by atoms with Gasteiger partial charge in [0.05, 0.1) is 11.3 Å². The average molecular weight is 344 g/mol. The summed E-state index contributed by atoms with van der Waals surface area (Å²) in [6, 6.07) is 3.75. The first-order valence-electron chi connectivity index (χ1n) is 6.43. The fourth-order valence-corrected chi connectivity index (χ4v) is 1.67. The standard InChI is InChI=1S/C13H14ClN3O6/c1-8(18)15-5-4-13(20)23-7-12(19)16-10-3-2-9(14)6-11(10)17(21)22/h2-3,6H,4-5,7H2,1H3,(H,15,18)(H,16,19). The predicted molar refractivity (Wildman–Crippen MR) is 81.0 cm³/mol. The Bertz CT molecular complexity index is 634. The van der Waals surface area contributed by atoms with E-state index in [1.165, 1.54) is 19.1 Å². The Hall–Kier alpha value is -2.68. The van der Waals surface area contributed by atoms with Gasteiger partial charge in [0, 0.05) is 24.6 Å². The van der Waals surface area contributed by atoms with Gasteiger partial charge in [0.15, 0.2) is 6.61 Å². The van der Waals surface area contributed by atoms with E-state index in [2.05, 4.69) is 15.4 Å². The highest BCUT2D eigenvalue weighted by Crippen LogP contribution is 2.27. The molecule has 10 heteroatoms. The minimum absolute atomic E-state index is 0.0568. The van der Waals surface area contributed by atoms with E-state index >= 15 is 0 Å². The molecule has 0 atom stereocenters. The average Bonchev–Trinajstić information content (AvgIpc) is 2.46. The van der Waals surface area contributed by atoms with Crippen LogP contribution in [-0.4, -0.2) is 35.9 Å². The topological polar surface area (TPSA) is 128 Å². The van der Waals surface area contributed by atoms with E-state index in [-0.39, 0.29) is 35.3 Å². The van der Waals surface area contributed by atoms with Crippen molar-refractivity contribution in [1.29, 1.82) is 0 Å². The van der Waals surface area contributed by atoms with Gasteiger partial charge < -0.3 is 15.4 Å². The first-order chi connectivity index (χ1) is 10.8. The summed E-state index contributed by atoms with van der Waals surface area (Å²) >= 11 is 5.65. The maximum atomic E-state index is 11.6. The monoisotopic (exact) mass is 343 g/mol. The molecule has 0 fully saturated rings. The summed E-state index contributed by atoms with van der Waals surface area (Å²) in [6.45, 7) is 0.801. The van der Waals surface area contributed by atoms with E-state index in [1.807, 2.05) is 0 Å². The van der Waals surface area contributed by atoms with Gasteiger partial charge in [-0.3, -0.25) is 24.5 Å². The Labute approximate surface area is 136 Å². The fourth-order valence-electron chi connectivity index (χ4n) is 1.51. The van der Waals surface area contributed by atoms with Crippen LogP contribution in [0.2, 0.25) is 5.02 Å². The molecule has 1 aromatic rings. The predicted octanol–water partition coefficient (Wildman–Crippen LogP) is 1.26. The van der Waals surface area contributed by atoms with Crippen molar-refractivity contribution in [2.75, 3.05) is 18.5 Å². The van der Waals surface area contributed by atoms with Crippen LogP contribution in [0.15, 0.2) is 18.2 Å². The minimum atomic E-state index is -0.733. The molecule has 0 bridgehead atoms. The Morgan fingerprint density at radius 1 is 1.35 bits per heavy atom. The zero-order valence-corrected chi connectivity index (χ0v) is 12.9. The number of ether oxygens (including phenoxy) is 1. The minimum Gasteiger partial charge on any atom is -0.456 e. The number of hydrogen-bond acceptors (Lipinski definition) is 6. The van der Waals surface area contributed by atoms with Crippen LogP contribution < -0.4 is 10.6 Å². The summed E-state index contributed by atoms with van der Waals surface area (Å²) in [5.41, 5.74) is -0.429. The molecule has 0 unspecified atom stereocenters. The highest BCUT2D eigenvalue weighted by molar-refractivity contribution is 6.31. The lowest BCUT2D eigenvalue weighted by atomic mass is 10.2. The Morgan fingerprint density at radius 3 is 2.65 bits per heavy atom. The molecule has 0 heterocycles. The summed E-state index contributed by atoms with van der Waals surface area (Å²) in [5, 5.41) is 15.7. The second-order valence-corrected chi connectivity index (χ2v) is 4.80. The molecule has 2 amide bonds. The second-order valence-electron chi connectivity index (χ2n) is 4.36. The van der Waals surface area contributed by atoms with Crippen LogP contribution >= 0.6 is 11.6 Å². The zero-order valence-electron chi connectivity index (χ0n) is 12.1. The lowest BCUT2D eigenvalue weighted by Gasteiger charge is -2.07. The molecular formula is C13H14ClN3O6. The number of amides is 2. The number of esters is 1. The molecule has 124 valence electrons. The first-order valence-corrected chi connectivity index (χ1v) is 6.81. The molecule has 0 aliphatic heterocycles. The number of hydrogen-bond donors (Lipinski definition) is 2. The molecule has 9 nitrogen and oxygen atoms in total. The van der Waals surface area contributed by atoms with Gasteiger partial charge in [0.25, 0.3) is 11.6 Å². The van der Waals surface area contributed by atoms with Crippen LogP contribution in [0.4, 0.5) is 11.4 Å². The van der Waals surface area contributed by atoms with Crippen molar-refractivity contribution in [3.8, 4) is 0 Å². The van der Waals surface area contributed by atoms with Crippen molar-refractivity contribution < 1.29 is 24.0 Å². The summed E-state index contributed by atoms with van der Waals surface area (Å²) in [5.74, 6) is -1.70. The third-order valence-electron chi connectivity index (χ3n) is 2.50. The number of nitrogens with zero attached hydrogens (tertiary/aromatic N) is 1. The van der Waals surface area contributed by atoms with Crippen molar-refractivity contribution in [3.05, 3.63) is 33.3 Å². The van der Waals surface area contributed by atoms with Gasteiger partial charge in [-0.05, 0) is 12.1 Å². The lowest BCUT2D eigenvalue weighted by Crippen LogP contribution is -2.26. The first kappa shape index (κ1) is 18.4. The maximum absolute atomic E-state index is 11.6. The molecule has 0 saturated carbocycles. The molecule has 1 rings (SSSR count). The number of carbonyl (C=O) groups excluding carboxylic acids is 3. The zero-order chi connectivity index (χ0) is 17.4. The molecule has 23 heavy (non-hydrogen) atoms. The number of nitrogens with one attached hydrogen (secondary N) is 2. The second kappa shape index (κ2) is 8.69. The fraction of sp³-hybridized carbons (Fsp3) is 0.308. The summed E-state index contributed by atoms with van der Waals surface area (Å²) in [7, 11) is 0. The summed E-state index contributed by atoms with van der Waals surface area (Å²) in [6.07, 6.45) is -0.0893. The van der Waals surface area contributed by atoms with Gasteiger partial charge in [-0.25, -0.2) is 0 Å². The third kappa shape index (κ3) is 6.74. The smallest absolute Gasteiger partial charge is 0.308 e. The van der Waals surface area contributed by atoms with Crippen LogP contribution in [0, 0.1) is 10.1 Å². The number of nitro benzene ring substituents is 1. The van der Waals surface area contributed by atoms with E-state index in [4.69, 9.17) is 11.6 Å². The molecule has 0 spiro atoms. The molecule has 0 aromatic heterocycles.